The van der Waals surface area contributed by atoms with E-state index in [0.717, 1.165) is 11.3 Å². The summed E-state index contributed by atoms with van der Waals surface area (Å²) in [6, 6.07) is 11.1. The van der Waals surface area contributed by atoms with Crippen molar-refractivity contribution in [2.45, 2.75) is 18.6 Å². The van der Waals surface area contributed by atoms with Crippen molar-refractivity contribution in [3.8, 4) is 11.8 Å². The molecule has 0 saturated heterocycles. The smallest absolute Gasteiger partial charge is 0.234 e. The standard InChI is InChI=1S/C18H19N3O3S/c1-12-7-13(10-23-2)16(9-19)18(20-12)25-11-17(22)21-14-5-4-6-15(8-14)24-3/h4-8H,10-11H2,1-3H3,(H,21,22). The zero-order chi connectivity index (χ0) is 18.2. The SMILES string of the molecule is COCc1cc(C)nc(SCC(=O)Nc2cccc(OC)c2)c1C#N. The third-order valence-corrected chi connectivity index (χ3v) is 4.28. The van der Waals surface area contributed by atoms with Gasteiger partial charge in [-0.05, 0) is 30.7 Å². The molecule has 1 aromatic heterocycles. The molecule has 1 N–H and O–H groups in total. The fraction of sp³-hybridized carbons (Fsp3) is 0.278. The van der Waals surface area contributed by atoms with E-state index < -0.39 is 0 Å². The Morgan fingerprint density at radius 2 is 2.16 bits per heavy atom. The minimum atomic E-state index is -0.182. The van der Waals surface area contributed by atoms with E-state index in [1.165, 1.54) is 11.8 Å². The minimum absolute atomic E-state index is 0.148. The number of aryl methyl sites for hydroxylation is 1. The van der Waals surface area contributed by atoms with Gasteiger partial charge in [-0.25, -0.2) is 4.98 Å². The molecule has 0 unspecified atom stereocenters. The molecule has 6 nitrogen and oxygen atoms in total. The Kier molecular flexibility index (Phi) is 6.81. The van der Waals surface area contributed by atoms with E-state index in [1.54, 1.807) is 38.5 Å². The predicted octanol–water partition coefficient (Wildman–Crippen LogP) is 3.15. The van der Waals surface area contributed by atoms with Crippen LogP contribution in [0.3, 0.4) is 0 Å². The first-order valence-corrected chi connectivity index (χ1v) is 8.52. The van der Waals surface area contributed by atoms with Gasteiger partial charge < -0.3 is 14.8 Å². The summed E-state index contributed by atoms with van der Waals surface area (Å²) in [7, 11) is 3.15. The molecular weight excluding hydrogens is 338 g/mol. The fourth-order valence-electron chi connectivity index (χ4n) is 2.24. The highest BCUT2D eigenvalue weighted by atomic mass is 32.2. The number of ether oxygens (including phenoxy) is 2. The highest BCUT2D eigenvalue weighted by Crippen LogP contribution is 2.25. The normalized spacial score (nSPS) is 10.2. The highest BCUT2D eigenvalue weighted by Gasteiger charge is 2.14. The van der Waals surface area contributed by atoms with Crippen molar-refractivity contribution >= 4 is 23.4 Å². The van der Waals surface area contributed by atoms with Crippen molar-refractivity contribution in [1.82, 2.24) is 4.98 Å². The zero-order valence-electron chi connectivity index (χ0n) is 14.3. The number of pyridine rings is 1. The molecule has 2 aromatic rings. The van der Waals surface area contributed by atoms with Crippen LogP contribution < -0.4 is 10.1 Å². The van der Waals surface area contributed by atoms with Crippen molar-refractivity contribution in [1.29, 1.82) is 5.26 Å². The van der Waals surface area contributed by atoms with E-state index in [-0.39, 0.29) is 11.7 Å². The highest BCUT2D eigenvalue weighted by molar-refractivity contribution is 8.00. The van der Waals surface area contributed by atoms with Crippen LogP contribution in [0.25, 0.3) is 0 Å². The summed E-state index contributed by atoms with van der Waals surface area (Å²) in [6.07, 6.45) is 0. The second-order valence-electron chi connectivity index (χ2n) is 5.22. The average Bonchev–Trinajstić information content (AvgIpc) is 2.60. The number of anilines is 1. The summed E-state index contributed by atoms with van der Waals surface area (Å²) in [5.41, 5.74) is 2.66. The number of hydrogen-bond acceptors (Lipinski definition) is 6. The van der Waals surface area contributed by atoms with Crippen LogP contribution in [0.5, 0.6) is 5.75 Å². The summed E-state index contributed by atoms with van der Waals surface area (Å²) < 4.78 is 10.3. The number of nitriles is 1. The van der Waals surface area contributed by atoms with Gasteiger partial charge in [0.25, 0.3) is 0 Å². The van der Waals surface area contributed by atoms with E-state index in [2.05, 4.69) is 16.4 Å². The van der Waals surface area contributed by atoms with Crippen molar-refractivity contribution in [3.63, 3.8) is 0 Å². The molecule has 0 fully saturated rings. The van der Waals surface area contributed by atoms with Crippen LogP contribution in [0, 0.1) is 18.3 Å². The maximum Gasteiger partial charge on any atom is 0.234 e. The number of rotatable bonds is 7. The summed E-state index contributed by atoms with van der Waals surface area (Å²) >= 11 is 1.23. The first kappa shape index (κ1) is 18.8. The lowest BCUT2D eigenvalue weighted by atomic mass is 10.1. The summed E-state index contributed by atoms with van der Waals surface area (Å²) in [6.45, 7) is 2.18. The molecule has 0 atom stereocenters. The van der Waals surface area contributed by atoms with E-state index in [4.69, 9.17) is 9.47 Å². The number of thioether (sulfide) groups is 1. The first-order valence-electron chi connectivity index (χ1n) is 7.53. The van der Waals surface area contributed by atoms with Crippen LogP contribution in [-0.2, 0) is 16.1 Å². The molecule has 0 saturated carbocycles. The van der Waals surface area contributed by atoms with Gasteiger partial charge in [0.15, 0.2) is 0 Å². The van der Waals surface area contributed by atoms with Gasteiger partial charge in [-0.1, -0.05) is 17.8 Å². The number of amides is 1. The van der Waals surface area contributed by atoms with Crippen LogP contribution in [0.15, 0.2) is 35.4 Å². The molecule has 25 heavy (non-hydrogen) atoms. The molecule has 0 spiro atoms. The number of nitrogens with one attached hydrogen (secondary N) is 1. The maximum atomic E-state index is 12.2. The second kappa shape index (κ2) is 9.06. The molecule has 7 heteroatoms. The Morgan fingerprint density at radius 1 is 1.36 bits per heavy atom. The molecule has 0 aliphatic rings. The van der Waals surface area contributed by atoms with Crippen LogP contribution >= 0.6 is 11.8 Å². The van der Waals surface area contributed by atoms with Gasteiger partial charge in [-0.15, -0.1) is 0 Å². The number of carbonyl (C=O) groups is 1. The van der Waals surface area contributed by atoms with Crippen molar-refractivity contribution < 1.29 is 14.3 Å². The third kappa shape index (κ3) is 5.21. The Balaban J connectivity index is 2.07. The molecule has 0 radical (unpaired) electrons. The monoisotopic (exact) mass is 357 g/mol. The zero-order valence-corrected chi connectivity index (χ0v) is 15.1. The van der Waals surface area contributed by atoms with E-state index >= 15 is 0 Å². The number of hydrogen-bond donors (Lipinski definition) is 1. The van der Waals surface area contributed by atoms with Crippen LogP contribution in [-0.4, -0.2) is 30.9 Å². The first-order chi connectivity index (χ1) is 12.1. The van der Waals surface area contributed by atoms with E-state index in [0.29, 0.717) is 28.6 Å². The average molecular weight is 357 g/mol. The Labute approximate surface area is 151 Å². The number of methoxy groups -OCH3 is 2. The molecule has 0 bridgehead atoms. The van der Waals surface area contributed by atoms with Gasteiger partial charge in [0.2, 0.25) is 5.91 Å². The van der Waals surface area contributed by atoms with Gasteiger partial charge in [0.1, 0.15) is 16.8 Å². The van der Waals surface area contributed by atoms with E-state index in [9.17, 15) is 10.1 Å². The number of nitrogens with zero attached hydrogens (tertiary/aromatic N) is 2. The van der Waals surface area contributed by atoms with Crippen molar-refractivity contribution in [3.05, 3.63) is 47.2 Å². The molecule has 1 amide bonds. The Hall–Kier alpha value is -2.56. The predicted molar refractivity (Wildman–Crippen MR) is 96.7 cm³/mol. The second-order valence-corrected chi connectivity index (χ2v) is 6.18. The van der Waals surface area contributed by atoms with Crippen LogP contribution in [0.1, 0.15) is 16.8 Å². The lowest BCUT2D eigenvalue weighted by Gasteiger charge is -2.10. The van der Waals surface area contributed by atoms with Gasteiger partial charge in [0, 0.05) is 24.6 Å². The van der Waals surface area contributed by atoms with Crippen molar-refractivity contribution in [2.75, 3.05) is 25.3 Å². The molecule has 1 aromatic carbocycles. The number of benzene rings is 1. The molecular formula is C18H19N3O3S. The number of aromatic nitrogens is 1. The lowest BCUT2D eigenvalue weighted by molar-refractivity contribution is -0.113. The molecule has 0 aliphatic carbocycles. The maximum absolute atomic E-state index is 12.2. The third-order valence-electron chi connectivity index (χ3n) is 3.30. The fourth-order valence-corrected chi connectivity index (χ4v) is 3.10. The summed E-state index contributed by atoms with van der Waals surface area (Å²) in [5.74, 6) is 0.634. The minimum Gasteiger partial charge on any atom is -0.497 e. The quantitative estimate of drug-likeness (QED) is 0.766. The van der Waals surface area contributed by atoms with Gasteiger partial charge in [-0.2, -0.15) is 5.26 Å². The lowest BCUT2D eigenvalue weighted by Crippen LogP contribution is -2.14. The van der Waals surface area contributed by atoms with Gasteiger partial charge in [-0.3, -0.25) is 4.79 Å². The van der Waals surface area contributed by atoms with E-state index in [1.807, 2.05) is 13.0 Å². The molecule has 1 heterocycles. The molecule has 130 valence electrons. The van der Waals surface area contributed by atoms with Gasteiger partial charge in [0.05, 0.1) is 25.0 Å². The molecule has 2 rings (SSSR count). The number of carbonyl (C=O) groups excluding carboxylic acids is 1. The molecule has 0 aliphatic heterocycles. The van der Waals surface area contributed by atoms with Crippen LogP contribution in [0.4, 0.5) is 5.69 Å². The Morgan fingerprint density at radius 3 is 2.84 bits per heavy atom. The summed E-state index contributed by atoms with van der Waals surface area (Å²) in [5, 5.41) is 12.7. The van der Waals surface area contributed by atoms with Crippen LogP contribution in [0.2, 0.25) is 0 Å². The van der Waals surface area contributed by atoms with Crippen molar-refractivity contribution in [2.24, 2.45) is 0 Å². The van der Waals surface area contributed by atoms with Gasteiger partial charge >= 0.3 is 0 Å². The Bertz CT molecular complexity index is 803. The largest absolute Gasteiger partial charge is 0.497 e. The summed E-state index contributed by atoms with van der Waals surface area (Å²) in [4.78, 5) is 16.6. The topological polar surface area (TPSA) is 84.2 Å².